The number of hydrogen-bond acceptors (Lipinski definition) is 2. The summed E-state index contributed by atoms with van der Waals surface area (Å²) in [5.41, 5.74) is 1.62. The van der Waals surface area contributed by atoms with Gasteiger partial charge in [-0.05, 0) is 50.7 Å². The molecule has 14 heavy (non-hydrogen) atoms. The minimum absolute atomic E-state index is 0.685. The molecule has 1 saturated carbocycles. The number of fused-ring (bicyclic) bond motifs is 1. The fourth-order valence-electron chi connectivity index (χ4n) is 2.40. The fourth-order valence-corrected chi connectivity index (χ4v) is 3.56. The summed E-state index contributed by atoms with van der Waals surface area (Å²) in [7, 11) is 0. The van der Waals surface area contributed by atoms with Crippen molar-refractivity contribution in [1.82, 2.24) is 5.32 Å². The van der Waals surface area contributed by atoms with Crippen LogP contribution in [0.1, 0.15) is 47.0 Å². The fraction of sp³-hybridized carbons (Fsp3) is 0.667. The highest BCUT2D eigenvalue weighted by Gasteiger charge is 2.29. The molecule has 0 aliphatic heterocycles. The van der Waals surface area contributed by atoms with Crippen molar-refractivity contribution in [2.24, 2.45) is 0 Å². The van der Waals surface area contributed by atoms with Crippen molar-refractivity contribution < 1.29 is 0 Å². The minimum Gasteiger partial charge on any atom is -0.306 e. The van der Waals surface area contributed by atoms with E-state index in [1.54, 1.807) is 10.4 Å². The molecule has 1 fully saturated rings. The predicted molar refractivity (Wildman–Crippen MR) is 60.9 cm³/mol. The van der Waals surface area contributed by atoms with Gasteiger partial charge in [-0.15, -0.1) is 11.3 Å². The first-order valence-electron chi connectivity index (χ1n) is 5.68. The molecule has 3 rings (SSSR count). The van der Waals surface area contributed by atoms with Gasteiger partial charge in [-0.3, -0.25) is 0 Å². The van der Waals surface area contributed by atoms with Crippen LogP contribution in [0.15, 0.2) is 6.07 Å². The van der Waals surface area contributed by atoms with Gasteiger partial charge >= 0.3 is 0 Å². The van der Waals surface area contributed by atoms with Gasteiger partial charge in [0.05, 0.1) is 0 Å². The van der Waals surface area contributed by atoms with E-state index in [1.165, 1.54) is 37.0 Å². The third kappa shape index (κ3) is 1.61. The Morgan fingerprint density at radius 2 is 2.21 bits per heavy atom. The Balaban J connectivity index is 1.85. The second-order valence-corrected chi connectivity index (χ2v) is 5.92. The van der Waals surface area contributed by atoms with E-state index in [0.29, 0.717) is 6.04 Å². The second-order valence-electron chi connectivity index (χ2n) is 4.63. The number of hydrogen-bond donors (Lipinski definition) is 1. The third-order valence-corrected chi connectivity index (χ3v) is 4.44. The molecule has 76 valence electrons. The highest BCUT2D eigenvalue weighted by molar-refractivity contribution is 7.12. The van der Waals surface area contributed by atoms with Crippen molar-refractivity contribution in [2.45, 2.75) is 51.1 Å². The molecule has 2 aliphatic rings. The SMILES string of the molecule is Cc1cc2c(s1)C(NC1CC1)CCC2. The number of aryl methyl sites for hydroxylation is 2. The van der Waals surface area contributed by atoms with Crippen LogP contribution in [-0.2, 0) is 6.42 Å². The molecule has 1 heterocycles. The van der Waals surface area contributed by atoms with E-state index in [9.17, 15) is 0 Å². The lowest BCUT2D eigenvalue weighted by Crippen LogP contribution is -2.25. The minimum atomic E-state index is 0.685. The molecule has 0 aromatic carbocycles. The van der Waals surface area contributed by atoms with Crippen molar-refractivity contribution in [3.05, 3.63) is 21.4 Å². The van der Waals surface area contributed by atoms with Crippen molar-refractivity contribution in [2.75, 3.05) is 0 Å². The molecule has 0 bridgehead atoms. The lowest BCUT2D eigenvalue weighted by Gasteiger charge is -2.23. The van der Waals surface area contributed by atoms with Crippen LogP contribution in [-0.4, -0.2) is 6.04 Å². The maximum Gasteiger partial charge on any atom is 0.0419 e. The summed E-state index contributed by atoms with van der Waals surface area (Å²) in [5, 5.41) is 3.77. The maximum atomic E-state index is 3.77. The molecule has 2 aliphatic carbocycles. The van der Waals surface area contributed by atoms with Crippen molar-refractivity contribution in [3.63, 3.8) is 0 Å². The van der Waals surface area contributed by atoms with Crippen LogP contribution in [0.2, 0.25) is 0 Å². The zero-order chi connectivity index (χ0) is 9.54. The van der Waals surface area contributed by atoms with Gasteiger partial charge in [0.1, 0.15) is 0 Å². The average molecular weight is 207 g/mol. The summed E-state index contributed by atoms with van der Waals surface area (Å²) in [4.78, 5) is 3.13. The zero-order valence-corrected chi connectivity index (χ0v) is 9.49. The predicted octanol–water partition coefficient (Wildman–Crippen LogP) is 3.19. The second kappa shape index (κ2) is 3.35. The quantitative estimate of drug-likeness (QED) is 0.785. The summed E-state index contributed by atoms with van der Waals surface area (Å²) in [6.45, 7) is 2.23. The molecule has 0 spiro atoms. The van der Waals surface area contributed by atoms with Crippen LogP contribution < -0.4 is 5.32 Å². The maximum absolute atomic E-state index is 3.77. The normalized spacial score (nSPS) is 26.2. The Labute approximate surface area is 89.5 Å². The van der Waals surface area contributed by atoms with Crippen LogP contribution in [0.4, 0.5) is 0 Å². The largest absolute Gasteiger partial charge is 0.306 e. The lowest BCUT2D eigenvalue weighted by molar-refractivity contribution is 0.465. The molecule has 1 unspecified atom stereocenters. The zero-order valence-electron chi connectivity index (χ0n) is 8.68. The van der Waals surface area contributed by atoms with E-state index >= 15 is 0 Å². The third-order valence-electron chi connectivity index (χ3n) is 3.23. The van der Waals surface area contributed by atoms with Gasteiger partial charge in [0.15, 0.2) is 0 Å². The number of nitrogens with one attached hydrogen (secondary N) is 1. The molecular weight excluding hydrogens is 190 g/mol. The molecule has 1 aromatic heterocycles. The van der Waals surface area contributed by atoms with E-state index < -0.39 is 0 Å². The smallest absolute Gasteiger partial charge is 0.0419 e. The monoisotopic (exact) mass is 207 g/mol. The highest BCUT2D eigenvalue weighted by atomic mass is 32.1. The van der Waals surface area contributed by atoms with E-state index in [4.69, 9.17) is 0 Å². The Morgan fingerprint density at radius 1 is 1.36 bits per heavy atom. The van der Waals surface area contributed by atoms with E-state index in [-0.39, 0.29) is 0 Å². The van der Waals surface area contributed by atoms with Crippen LogP contribution in [0.25, 0.3) is 0 Å². The molecule has 2 heteroatoms. The Kier molecular flexibility index (Phi) is 2.14. The van der Waals surface area contributed by atoms with Crippen LogP contribution in [0.5, 0.6) is 0 Å². The van der Waals surface area contributed by atoms with Gasteiger partial charge in [-0.25, -0.2) is 0 Å². The topological polar surface area (TPSA) is 12.0 Å². The first kappa shape index (κ1) is 8.93. The van der Waals surface area contributed by atoms with Crippen LogP contribution in [0.3, 0.4) is 0 Å². The van der Waals surface area contributed by atoms with Gasteiger partial charge in [-0.2, -0.15) is 0 Å². The summed E-state index contributed by atoms with van der Waals surface area (Å²) >= 11 is 2.01. The molecular formula is C12H17NS. The molecule has 1 aromatic rings. The Bertz CT molecular complexity index is 338. The van der Waals surface area contributed by atoms with E-state index in [2.05, 4.69) is 18.3 Å². The number of thiophene rings is 1. The average Bonchev–Trinajstić information content (AvgIpc) is 2.87. The molecule has 1 atom stereocenters. The summed E-state index contributed by atoms with van der Waals surface area (Å²) in [6, 6.07) is 3.92. The summed E-state index contributed by atoms with van der Waals surface area (Å²) in [5.74, 6) is 0. The Morgan fingerprint density at radius 3 is 3.00 bits per heavy atom. The molecule has 0 radical (unpaired) electrons. The molecule has 0 saturated heterocycles. The van der Waals surface area contributed by atoms with Gasteiger partial charge < -0.3 is 5.32 Å². The van der Waals surface area contributed by atoms with Crippen molar-refractivity contribution in [1.29, 1.82) is 0 Å². The summed E-state index contributed by atoms with van der Waals surface area (Å²) < 4.78 is 0. The Hall–Kier alpha value is -0.340. The van der Waals surface area contributed by atoms with Crippen molar-refractivity contribution in [3.8, 4) is 0 Å². The lowest BCUT2D eigenvalue weighted by atomic mass is 9.95. The van der Waals surface area contributed by atoms with Gasteiger partial charge in [0.25, 0.3) is 0 Å². The first-order chi connectivity index (χ1) is 6.83. The standard InChI is InChI=1S/C12H17NS/c1-8-7-9-3-2-4-11(12(9)14-8)13-10-5-6-10/h7,10-11,13H,2-6H2,1H3. The van der Waals surface area contributed by atoms with Gasteiger partial charge in [0.2, 0.25) is 0 Å². The van der Waals surface area contributed by atoms with E-state index in [0.717, 1.165) is 6.04 Å². The van der Waals surface area contributed by atoms with Crippen LogP contribution >= 0.6 is 11.3 Å². The van der Waals surface area contributed by atoms with E-state index in [1.807, 2.05) is 11.3 Å². The highest BCUT2D eigenvalue weighted by Crippen LogP contribution is 2.37. The first-order valence-corrected chi connectivity index (χ1v) is 6.50. The van der Waals surface area contributed by atoms with Crippen molar-refractivity contribution >= 4 is 11.3 Å². The molecule has 1 N–H and O–H groups in total. The number of rotatable bonds is 2. The summed E-state index contributed by atoms with van der Waals surface area (Å²) in [6.07, 6.45) is 6.83. The van der Waals surface area contributed by atoms with Crippen LogP contribution in [0, 0.1) is 6.92 Å². The molecule has 1 nitrogen and oxygen atoms in total. The van der Waals surface area contributed by atoms with Gasteiger partial charge in [0, 0.05) is 21.8 Å². The molecule has 0 amide bonds. The van der Waals surface area contributed by atoms with Gasteiger partial charge in [-0.1, -0.05) is 0 Å².